The molecule has 0 radical (unpaired) electrons. The summed E-state index contributed by atoms with van der Waals surface area (Å²) in [5.41, 5.74) is 10.0. The molecule has 156 valence electrons. The van der Waals surface area contributed by atoms with Crippen molar-refractivity contribution in [1.29, 1.82) is 0 Å². The Morgan fingerprint density at radius 2 is 1.64 bits per heavy atom. The Hall–Kier alpha value is -2.16. The molecule has 1 aliphatic rings. The number of unbranched alkanes of at least 4 members (excludes halogenated alkanes) is 1. The summed E-state index contributed by atoms with van der Waals surface area (Å²) in [4.78, 5) is 25.0. The zero-order valence-corrected chi connectivity index (χ0v) is 15.4. The molecule has 0 bridgehead atoms. The second-order valence-corrected chi connectivity index (χ2v) is 7.12. The second kappa shape index (κ2) is 9.36. The number of carbonyl (C=O) groups is 2. The quantitative estimate of drug-likeness (QED) is 0.356. The van der Waals surface area contributed by atoms with E-state index in [-0.39, 0.29) is 6.07 Å². The Labute approximate surface area is 160 Å². The van der Waals surface area contributed by atoms with E-state index in [0.717, 1.165) is 12.8 Å². The number of hydrogen-bond acceptors (Lipinski definition) is 4. The predicted molar refractivity (Wildman–Crippen MR) is 93.3 cm³/mol. The van der Waals surface area contributed by atoms with Crippen LogP contribution in [-0.4, -0.2) is 24.8 Å². The smallest absolute Gasteiger partial charge is 0.224 e. The molecule has 1 atom stereocenters. The van der Waals surface area contributed by atoms with E-state index < -0.39 is 58.6 Å². The molecule has 1 fully saturated rings. The molecule has 1 saturated carbocycles. The molecule has 0 aliphatic heterocycles. The van der Waals surface area contributed by atoms with Gasteiger partial charge in [0.15, 0.2) is 23.2 Å². The predicted octanol–water partition coefficient (Wildman–Crippen LogP) is 2.98. The van der Waals surface area contributed by atoms with E-state index in [9.17, 15) is 27.2 Å². The van der Waals surface area contributed by atoms with E-state index in [1.807, 2.05) is 0 Å². The zero-order valence-electron chi connectivity index (χ0n) is 15.4. The maximum Gasteiger partial charge on any atom is 0.224 e. The van der Waals surface area contributed by atoms with Crippen molar-refractivity contribution in [3.63, 3.8) is 0 Å². The van der Waals surface area contributed by atoms with Crippen LogP contribution in [0.3, 0.4) is 0 Å². The number of ether oxygens (including phenoxy) is 1. The zero-order chi connectivity index (χ0) is 20.9. The van der Waals surface area contributed by atoms with Crippen LogP contribution in [0.1, 0.15) is 44.9 Å². The summed E-state index contributed by atoms with van der Waals surface area (Å²) in [6.07, 6.45) is 3.80. The standard InChI is InChI=1S/C19H24F4N2O3/c20-12-9-13(21)16(23)17(15(12)22)28-10-14(26)11(5-1-4-8-24)19(18(25)27)6-2-3-7-19/h9,11H,1-8,10,24H2,(H2,25,27). The van der Waals surface area contributed by atoms with Crippen LogP contribution in [0.2, 0.25) is 0 Å². The van der Waals surface area contributed by atoms with Gasteiger partial charge in [-0.25, -0.2) is 8.78 Å². The van der Waals surface area contributed by atoms with Gasteiger partial charge in [-0.05, 0) is 32.2 Å². The lowest BCUT2D eigenvalue weighted by molar-refractivity contribution is -0.140. The van der Waals surface area contributed by atoms with E-state index in [4.69, 9.17) is 16.2 Å². The first-order chi connectivity index (χ1) is 13.2. The van der Waals surface area contributed by atoms with Crippen LogP contribution in [0.5, 0.6) is 5.75 Å². The minimum atomic E-state index is -1.73. The molecular formula is C19H24F4N2O3. The van der Waals surface area contributed by atoms with Crippen molar-refractivity contribution in [3.05, 3.63) is 29.3 Å². The molecule has 1 aromatic carbocycles. The van der Waals surface area contributed by atoms with Crippen LogP contribution >= 0.6 is 0 Å². The molecule has 28 heavy (non-hydrogen) atoms. The maximum absolute atomic E-state index is 13.7. The van der Waals surface area contributed by atoms with Crippen LogP contribution in [0.15, 0.2) is 6.07 Å². The number of rotatable bonds is 10. The minimum Gasteiger partial charge on any atom is -0.480 e. The van der Waals surface area contributed by atoms with Gasteiger partial charge >= 0.3 is 0 Å². The van der Waals surface area contributed by atoms with Crippen LogP contribution < -0.4 is 16.2 Å². The molecule has 0 heterocycles. The molecule has 1 unspecified atom stereocenters. The molecule has 9 heteroatoms. The molecule has 4 N–H and O–H groups in total. The van der Waals surface area contributed by atoms with Crippen LogP contribution in [0.4, 0.5) is 17.6 Å². The van der Waals surface area contributed by atoms with Gasteiger partial charge in [0.25, 0.3) is 0 Å². The molecule has 0 aromatic heterocycles. The number of Topliss-reactive ketones (excluding diaryl/α,β-unsaturated/α-hetero) is 1. The second-order valence-electron chi connectivity index (χ2n) is 7.12. The lowest BCUT2D eigenvalue weighted by Gasteiger charge is -2.34. The number of halogens is 4. The Kier molecular flexibility index (Phi) is 7.40. The number of hydrogen-bond donors (Lipinski definition) is 2. The summed E-state index contributed by atoms with van der Waals surface area (Å²) < 4.78 is 58.9. The largest absolute Gasteiger partial charge is 0.480 e. The van der Waals surface area contributed by atoms with Crippen molar-refractivity contribution in [2.75, 3.05) is 13.2 Å². The average Bonchev–Trinajstić information content (AvgIpc) is 3.14. The minimum absolute atomic E-state index is 0.0512. The summed E-state index contributed by atoms with van der Waals surface area (Å²) in [5.74, 6) is -10.0. The number of amides is 1. The number of ketones is 1. The van der Waals surface area contributed by atoms with E-state index >= 15 is 0 Å². The molecule has 1 aliphatic carbocycles. The highest BCUT2D eigenvalue weighted by molar-refractivity contribution is 5.91. The first kappa shape index (κ1) is 22.1. The van der Waals surface area contributed by atoms with E-state index in [1.165, 1.54) is 0 Å². The van der Waals surface area contributed by atoms with Gasteiger partial charge in [-0.15, -0.1) is 0 Å². The molecule has 0 spiro atoms. The van der Waals surface area contributed by atoms with Gasteiger partial charge in [-0.2, -0.15) is 8.78 Å². The third kappa shape index (κ3) is 4.45. The normalized spacial score (nSPS) is 16.8. The molecule has 1 aromatic rings. The molecular weight excluding hydrogens is 380 g/mol. The highest BCUT2D eigenvalue weighted by atomic mass is 19.2. The van der Waals surface area contributed by atoms with Gasteiger partial charge < -0.3 is 16.2 Å². The Balaban J connectivity index is 2.23. The third-order valence-electron chi connectivity index (χ3n) is 5.42. The first-order valence-electron chi connectivity index (χ1n) is 9.23. The summed E-state index contributed by atoms with van der Waals surface area (Å²) in [6.45, 7) is -0.432. The van der Waals surface area contributed by atoms with Crippen molar-refractivity contribution < 1.29 is 31.9 Å². The molecule has 1 amide bonds. The van der Waals surface area contributed by atoms with Gasteiger partial charge in [0.05, 0.1) is 5.41 Å². The van der Waals surface area contributed by atoms with E-state index in [0.29, 0.717) is 38.6 Å². The van der Waals surface area contributed by atoms with Gasteiger partial charge in [-0.1, -0.05) is 19.3 Å². The van der Waals surface area contributed by atoms with Gasteiger partial charge in [0, 0.05) is 12.0 Å². The van der Waals surface area contributed by atoms with Gasteiger partial charge in [0.1, 0.15) is 6.61 Å². The number of benzene rings is 1. The molecule has 2 rings (SSSR count). The van der Waals surface area contributed by atoms with E-state index in [1.54, 1.807) is 0 Å². The molecule has 0 saturated heterocycles. The fourth-order valence-corrected chi connectivity index (χ4v) is 3.93. The fraction of sp³-hybridized carbons (Fsp3) is 0.579. The fourth-order valence-electron chi connectivity index (χ4n) is 3.93. The lowest BCUT2D eigenvalue weighted by Crippen LogP contribution is -2.46. The van der Waals surface area contributed by atoms with Crippen molar-refractivity contribution in [2.24, 2.45) is 22.8 Å². The third-order valence-corrected chi connectivity index (χ3v) is 5.42. The Morgan fingerprint density at radius 3 is 2.14 bits per heavy atom. The summed E-state index contributed by atoms with van der Waals surface area (Å²) in [7, 11) is 0. The van der Waals surface area contributed by atoms with Gasteiger partial charge in [-0.3, -0.25) is 9.59 Å². The van der Waals surface area contributed by atoms with Crippen LogP contribution in [0, 0.1) is 34.6 Å². The first-order valence-corrected chi connectivity index (χ1v) is 9.23. The Bertz CT molecular complexity index is 710. The van der Waals surface area contributed by atoms with Crippen molar-refractivity contribution in [3.8, 4) is 5.75 Å². The Morgan fingerprint density at radius 1 is 1.07 bits per heavy atom. The lowest BCUT2D eigenvalue weighted by atomic mass is 9.69. The molecule has 5 nitrogen and oxygen atoms in total. The monoisotopic (exact) mass is 404 g/mol. The SMILES string of the molecule is NCCCCC(C(=O)COc1c(F)c(F)cc(F)c1F)C1(C(N)=O)CCCC1. The number of primary amides is 1. The van der Waals surface area contributed by atoms with E-state index in [2.05, 4.69) is 0 Å². The summed E-state index contributed by atoms with van der Waals surface area (Å²) >= 11 is 0. The van der Waals surface area contributed by atoms with Gasteiger partial charge in [0.2, 0.25) is 17.5 Å². The summed E-state index contributed by atoms with van der Waals surface area (Å²) in [6, 6.07) is 0.0512. The van der Waals surface area contributed by atoms with Crippen LogP contribution in [-0.2, 0) is 9.59 Å². The van der Waals surface area contributed by atoms with Crippen molar-refractivity contribution in [1.82, 2.24) is 0 Å². The highest BCUT2D eigenvalue weighted by Gasteiger charge is 2.49. The number of carbonyl (C=O) groups excluding carboxylic acids is 2. The average molecular weight is 404 g/mol. The maximum atomic E-state index is 13.7. The highest BCUT2D eigenvalue weighted by Crippen LogP contribution is 2.46. The van der Waals surface area contributed by atoms with Crippen LogP contribution in [0.25, 0.3) is 0 Å². The topological polar surface area (TPSA) is 95.4 Å². The summed E-state index contributed by atoms with van der Waals surface area (Å²) in [5, 5.41) is 0. The van der Waals surface area contributed by atoms with Crippen molar-refractivity contribution in [2.45, 2.75) is 44.9 Å². The van der Waals surface area contributed by atoms with Crippen molar-refractivity contribution >= 4 is 11.7 Å². The number of nitrogens with two attached hydrogens (primary N) is 2.